The Morgan fingerprint density at radius 3 is 2.50 bits per heavy atom. The molecule has 4 nitrogen and oxygen atoms in total. The van der Waals surface area contributed by atoms with E-state index in [4.69, 9.17) is 11.6 Å². The summed E-state index contributed by atoms with van der Waals surface area (Å²) in [7, 11) is -2.83. The molecule has 1 aromatic rings. The van der Waals surface area contributed by atoms with Crippen molar-refractivity contribution in [3.05, 3.63) is 21.4 Å². The Hall–Kier alpha value is -0.200. The highest BCUT2D eigenvalue weighted by molar-refractivity contribution is 9.10. The number of sulfone groups is 1. The smallest absolute Gasteiger partial charge is 0.165 e. The Morgan fingerprint density at radius 2 is 1.94 bits per heavy atom. The molecule has 0 aliphatic carbocycles. The van der Waals surface area contributed by atoms with E-state index >= 15 is 0 Å². The number of rotatable bonds is 1. The summed E-state index contributed by atoms with van der Waals surface area (Å²) in [6, 6.07) is 1.82. The minimum absolute atomic E-state index is 0.171. The van der Waals surface area contributed by atoms with Crippen molar-refractivity contribution in [3.63, 3.8) is 0 Å². The van der Waals surface area contributed by atoms with Gasteiger partial charge in [0.1, 0.15) is 9.84 Å². The van der Waals surface area contributed by atoms with Gasteiger partial charge in [0, 0.05) is 5.92 Å². The topological polar surface area (TPSA) is 59.9 Å². The first-order chi connectivity index (χ1) is 7.48. The molecule has 88 valence electrons. The summed E-state index contributed by atoms with van der Waals surface area (Å²) < 4.78 is 23.3. The van der Waals surface area contributed by atoms with Crippen molar-refractivity contribution >= 4 is 37.4 Å². The standard InChI is InChI=1S/C9H10BrClN2O2S/c10-7-5-8(12-13-9(7)11)6-1-3-16(14,15)4-2-6/h5-6H,1-4H2. The summed E-state index contributed by atoms with van der Waals surface area (Å²) in [5.41, 5.74) is 0.811. The molecule has 0 amide bonds. The van der Waals surface area contributed by atoms with Gasteiger partial charge >= 0.3 is 0 Å². The lowest BCUT2D eigenvalue weighted by Gasteiger charge is -2.20. The van der Waals surface area contributed by atoms with Crippen LogP contribution in [0.4, 0.5) is 0 Å². The molecule has 2 heterocycles. The van der Waals surface area contributed by atoms with E-state index in [0.717, 1.165) is 5.69 Å². The van der Waals surface area contributed by atoms with Crippen molar-refractivity contribution in [3.8, 4) is 0 Å². The van der Waals surface area contributed by atoms with Crippen LogP contribution in [0.1, 0.15) is 24.5 Å². The van der Waals surface area contributed by atoms with E-state index in [1.165, 1.54) is 0 Å². The molecule has 0 N–H and O–H groups in total. The molecule has 1 aliphatic rings. The molecule has 0 atom stereocenters. The Morgan fingerprint density at radius 1 is 1.31 bits per heavy atom. The van der Waals surface area contributed by atoms with Gasteiger partial charge in [-0.1, -0.05) is 11.6 Å². The molecular formula is C9H10BrClN2O2S. The summed E-state index contributed by atoms with van der Waals surface area (Å²) in [5.74, 6) is 0.642. The van der Waals surface area contributed by atoms with Gasteiger partial charge in [-0.25, -0.2) is 8.42 Å². The van der Waals surface area contributed by atoms with E-state index in [9.17, 15) is 8.42 Å². The number of halogens is 2. The van der Waals surface area contributed by atoms with E-state index in [2.05, 4.69) is 26.1 Å². The van der Waals surface area contributed by atoms with E-state index in [0.29, 0.717) is 22.5 Å². The van der Waals surface area contributed by atoms with E-state index in [1.807, 2.05) is 6.07 Å². The van der Waals surface area contributed by atoms with Crippen molar-refractivity contribution in [1.82, 2.24) is 10.2 Å². The molecule has 16 heavy (non-hydrogen) atoms. The number of hydrogen-bond acceptors (Lipinski definition) is 4. The van der Waals surface area contributed by atoms with Crippen molar-refractivity contribution < 1.29 is 8.42 Å². The van der Waals surface area contributed by atoms with Gasteiger partial charge in [-0.2, -0.15) is 5.10 Å². The number of hydrogen-bond donors (Lipinski definition) is 0. The van der Waals surface area contributed by atoms with Crippen LogP contribution in [0, 0.1) is 0 Å². The molecule has 0 bridgehead atoms. The fourth-order valence-electron chi connectivity index (χ4n) is 1.75. The van der Waals surface area contributed by atoms with E-state index < -0.39 is 9.84 Å². The Kier molecular flexibility index (Phi) is 3.51. The third kappa shape index (κ3) is 2.73. The zero-order chi connectivity index (χ0) is 11.8. The third-order valence-corrected chi connectivity index (χ3v) is 5.53. The minimum atomic E-state index is -2.83. The Balaban J connectivity index is 2.17. The lowest BCUT2D eigenvalue weighted by molar-refractivity contribution is 0.541. The summed E-state index contributed by atoms with van der Waals surface area (Å²) in [6.45, 7) is 0. The molecule has 2 rings (SSSR count). The first-order valence-corrected chi connectivity index (χ1v) is 7.86. The molecule has 1 saturated heterocycles. The van der Waals surface area contributed by atoms with Crippen LogP contribution >= 0.6 is 27.5 Å². The fourth-order valence-corrected chi connectivity index (χ4v) is 3.65. The molecule has 7 heteroatoms. The summed E-state index contributed by atoms with van der Waals surface area (Å²) in [4.78, 5) is 0. The number of nitrogens with zero attached hydrogens (tertiary/aromatic N) is 2. The highest BCUT2D eigenvalue weighted by Crippen LogP contribution is 2.30. The summed E-state index contributed by atoms with van der Waals surface area (Å²) in [5, 5.41) is 8.14. The average Bonchev–Trinajstić information content (AvgIpc) is 2.22. The molecule has 0 radical (unpaired) electrons. The highest BCUT2D eigenvalue weighted by atomic mass is 79.9. The van der Waals surface area contributed by atoms with Gasteiger partial charge < -0.3 is 0 Å². The quantitative estimate of drug-likeness (QED) is 0.794. The minimum Gasteiger partial charge on any atom is -0.229 e. The van der Waals surface area contributed by atoms with Crippen LogP contribution in [-0.2, 0) is 9.84 Å². The largest absolute Gasteiger partial charge is 0.229 e. The molecule has 1 aromatic heterocycles. The molecule has 0 spiro atoms. The fraction of sp³-hybridized carbons (Fsp3) is 0.556. The second-order valence-electron chi connectivity index (χ2n) is 3.83. The molecule has 0 aromatic carbocycles. The van der Waals surface area contributed by atoms with Gasteiger partial charge in [0.2, 0.25) is 0 Å². The van der Waals surface area contributed by atoms with Gasteiger partial charge in [-0.3, -0.25) is 0 Å². The normalized spacial score (nSPS) is 20.9. The second kappa shape index (κ2) is 4.58. The SMILES string of the molecule is O=S1(=O)CCC(c2cc(Br)c(Cl)nn2)CC1. The molecular weight excluding hydrogens is 316 g/mol. The van der Waals surface area contributed by atoms with Crippen molar-refractivity contribution in [2.24, 2.45) is 0 Å². The molecule has 1 aliphatic heterocycles. The Labute approximate surface area is 107 Å². The van der Waals surface area contributed by atoms with Gasteiger partial charge in [-0.15, -0.1) is 5.10 Å². The van der Waals surface area contributed by atoms with Crippen LogP contribution in [0.15, 0.2) is 10.5 Å². The second-order valence-corrected chi connectivity index (χ2v) is 7.35. The maximum atomic E-state index is 11.3. The van der Waals surface area contributed by atoms with Crippen molar-refractivity contribution in [2.45, 2.75) is 18.8 Å². The predicted octanol–water partition coefficient (Wildman–Crippen LogP) is 2.18. The average molecular weight is 326 g/mol. The maximum absolute atomic E-state index is 11.3. The van der Waals surface area contributed by atoms with Crippen LogP contribution in [-0.4, -0.2) is 30.1 Å². The maximum Gasteiger partial charge on any atom is 0.165 e. The van der Waals surface area contributed by atoms with E-state index in [-0.39, 0.29) is 17.4 Å². The Bertz CT molecular complexity index is 492. The van der Waals surface area contributed by atoms with Crippen molar-refractivity contribution in [2.75, 3.05) is 11.5 Å². The monoisotopic (exact) mass is 324 g/mol. The summed E-state index contributed by atoms with van der Waals surface area (Å²) in [6.07, 6.45) is 1.23. The lowest BCUT2D eigenvalue weighted by atomic mass is 9.99. The van der Waals surface area contributed by atoms with Gasteiger partial charge in [-0.05, 0) is 34.8 Å². The van der Waals surface area contributed by atoms with E-state index in [1.54, 1.807) is 0 Å². The molecule has 0 saturated carbocycles. The first kappa shape index (κ1) is 12.3. The molecule has 1 fully saturated rings. The van der Waals surface area contributed by atoms with Gasteiger partial charge in [0.25, 0.3) is 0 Å². The summed E-state index contributed by atoms with van der Waals surface area (Å²) >= 11 is 9.03. The number of aromatic nitrogens is 2. The van der Waals surface area contributed by atoms with Gasteiger partial charge in [0.15, 0.2) is 5.15 Å². The zero-order valence-corrected chi connectivity index (χ0v) is 11.5. The highest BCUT2D eigenvalue weighted by Gasteiger charge is 2.26. The van der Waals surface area contributed by atoms with Gasteiger partial charge in [0.05, 0.1) is 21.7 Å². The van der Waals surface area contributed by atoms with Crippen LogP contribution in [0.5, 0.6) is 0 Å². The van der Waals surface area contributed by atoms with Crippen LogP contribution < -0.4 is 0 Å². The first-order valence-electron chi connectivity index (χ1n) is 4.87. The lowest BCUT2D eigenvalue weighted by Crippen LogP contribution is -2.22. The third-order valence-electron chi connectivity index (χ3n) is 2.70. The van der Waals surface area contributed by atoms with Crippen molar-refractivity contribution in [1.29, 1.82) is 0 Å². The van der Waals surface area contributed by atoms with Crippen LogP contribution in [0.3, 0.4) is 0 Å². The van der Waals surface area contributed by atoms with Crippen LogP contribution in [0.25, 0.3) is 0 Å². The van der Waals surface area contributed by atoms with Crippen LogP contribution in [0.2, 0.25) is 5.15 Å². The predicted molar refractivity (Wildman–Crippen MR) is 65.4 cm³/mol. The molecule has 0 unspecified atom stereocenters. The zero-order valence-electron chi connectivity index (χ0n) is 8.36.